The minimum atomic E-state index is -3.72. The number of rotatable bonds is 4. The first kappa shape index (κ1) is 14.7. The van der Waals surface area contributed by atoms with Crippen LogP contribution in [0.1, 0.15) is 4.88 Å². The van der Waals surface area contributed by atoms with E-state index in [0.29, 0.717) is 21.3 Å². The summed E-state index contributed by atoms with van der Waals surface area (Å²) in [5.41, 5.74) is 0.322. The molecule has 2 aromatic rings. The van der Waals surface area contributed by atoms with Crippen LogP contribution in [0.3, 0.4) is 0 Å². The monoisotopic (exact) mass is 328 g/mol. The summed E-state index contributed by atoms with van der Waals surface area (Å²) in [6, 6.07) is 9.30. The SMILES string of the molecule is COc1ccc(NS(=O)(=O)c2ccc(C#N)s2)cc1Cl. The lowest BCUT2D eigenvalue weighted by molar-refractivity contribution is 0.415. The summed E-state index contributed by atoms with van der Waals surface area (Å²) < 4.78 is 31.7. The van der Waals surface area contributed by atoms with Gasteiger partial charge >= 0.3 is 0 Å². The summed E-state index contributed by atoms with van der Waals surface area (Å²) in [5.74, 6) is 0.456. The van der Waals surface area contributed by atoms with E-state index in [0.717, 1.165) is 11.3 Å². The minimum absolute atomic E-state index is 0.0704. The van der Waals surface area contributed by atoms with Crippen molar-refractivity contribution >= 4 is 38.6 Å². The Balaban J connectivity index is 2.29. The van der Waals surface area contributed by atoms with Gasteiger partial charge < -0.3 is 4.74 Å². The fraction of sp³-hybridized carbons (Fsp3) is 0.0833. The number of nitrogens with one attached hydrogen (secondary N) is 1. The molecule has 0 amide bonds. The van der Waals surface area contributed by atoms with Gasteiger partial charge in [0, 0.05) is 0 Å². The van der Waals surface area contributed by atoms with E-state index in [4.69, 9.17) is 21.6 Å². The van der Waals surface area contributed by atoms with Crippen molar-refractivity contribution in [2.75, 3.05) is 11.8 Å². The summed E-state index contributed by atoms with van der Waals surface area (Å²) in [4.78, 5) is 0.332. The Kier molecular flexibility index (Phi) is 4.18. The quantitative estimate of drug-likeness (QED) is 0.935. The fourth-order valence-electron chi connectivity index (χ4n) is 1.46. The van der Waals surface area contributed by atoms with Crippen molar-refractivity contribution in [3.63, 3.8) is 0 Å². The van der Waals surface area contributed by atoms with Crippen LogP contribution in [0.4, 0.5) is 5.69 Å². The number of benzene rings is 1. The third kappa shape index (κ3) is 3.04. The van der Waals surface area contributed by atoms with Crippen LogP contribution < -0.4 is 9.46 Å². The summed E-state index contributed by atoms with van der Waals surface area (Å²) in [6.07, 6.45) is 0. The molecule has 0 aliphatic rings. The van der Waals surface area contributed by atoms with Crippen LogP contribution in [-0.4, -0.2) is 15.5 Å². The Hall–Kier alpha value is -1.75. The Morgan fingerprint density at radius 3 is 2.65 bits per heavy atom. The average molecular weight is 329 g/mol. The standard InChI is InChI=1S/C12H9ClN2O3S2/c1-18-11-4-2-8(6-10(11)13)15-20(16,17)12-5-3-9(7-14)19-12/h2-6,15H,1H3. The molecule has 1 aromatic carbocycles. The number of sulfonamides is 1. The highest BCUT2D eigenvalue weighted by atomic mass is 35.5. The molecule has 0 bridgehead atoms. The molecule has 0 fully saturated rings. The highest BCUT2D eigenvalue weighted by Gasteiger charge is 2.17. The maximum atomic E-state index is 12.1. The average Bonchev–Trinajstić information content (AvgIpc) is 2.88. The number of thiophene rings is 1. The Morgan fingerprint density at radius 2 is 2.10 bits per heavy atom. The highest BCUT2D eigenvalue weighted by molar-refractivity contribution is 7.94. The van der Waals surface area contributed by atoms with E-state index in [-0.39, 0.29) is 4.21 Å². The lowest BCUT2D eigenvalue weighted by atomic mass is 10.3. The summed E-state index contributed by atoms with van der Waals surface area (Å²) in [7, 11) is -2.25. The topological polar surface area (TPSA) is 79.2 Å². The van der Waals surface area contributed by atoms with Crippen molar-refractivity contribution in [3.05, 3.63) is 40.2 Å². The van der Waals surface area contributed by atoms with Gasteiger partial charge in [-0.1, -0.05) is 11.6 Å². The van der Waals surface area contributed by atoms with Gasteiger partial charge in [0.1, 0.15) is 20.9 Å². The number of nitrogens with zero attached hydrogens (tertiary/aromatic N) is 1. The predicted octanol–water partition coefficient (Wildman–Crippen LogP) is 3.08. The first-order valence-electron chi connectivity index (χ1n) is 5.32. The first-order valence-corrected chi connectivity index (χ1v) is 8.00. The van der Waals surface area contributed by atoms with Crippen molar-refractivity contribution in [1.29, 1.82) is 5.26 Å². The highest BCUT2D eigenvalue weighted by Crippen LogP contribution is 2.29. The molecule has 5 nitrogen and oxygen atoms in total. The smallest absolute Gasteiger partial charge is 0.271 e. The molecule has 8 heteroatoms. The Labute approximate surface area is 125 Å². The van der Waals surface area contributed by atoms with E-state index in [1.165, 1.54) is 25.3 Å². The third-order valence-electron chi connectivity index (χ3n) is 2.36. The second kappa shape index (κ2) is 5.71. The molecule has 0 atom stereocenters. The van der Waals surface area contributed by atoms with E-state index >= 15 is 0 Å². The van der Waals surface area contributed by atoms with Gasteiger partial charge in [-0.05, 0) is 30.3 Å². The molecule has 104 valence electrons. The van der Waals surface area contributed by atoms with Gasteiger partial charge in [-0.25, -0.2) is 8.42 Å². The van der Waals surface area contributed by atoms with Gasteiger partial charge in [0.15, 0.2) is 0 Å². The molecule has 1 heterocycles. The van der Waals surface area contributed by atoms with Crippen LogP contribution in [0.5, 0.6) is 5.75 Å². The third-order valence-corrected chi connectivity index (χ3v) is 5.52. The van der Waals surface area contributed by atoms with Gasteiger partial charge in [0.25, 0.3) is 10.0 Å². The molecule has 0 aliphatic heterocycles. The zero-order valence-corrected chi connectivity index (χ0v) is 12.6. The Bertz CT molecular complexity index is 778. The van der Waals surface area contributed by atoms with E-state index in [1.54, 1.807) is 12.1 Å². The van der Waals surface area contributed by atoms with Gasteiger partial charge in [0.05, 0.1) is 17.8 Å². The molecule has 20 heavy (non-hydrogen) atoms. The van der Waals surface area contributed by atoms with Crippen molar-refractivity contribution in [1.82, 2.24) is 0 Å². The van der Waals surface area contributed by atoms with Crippen LogP contribution in [0.2, 0.25) is 5.02 Å². The van der Waals surface area contributed by atoms with E-state index in [2.05, 4.69) is 4.72 Å². The number of hydrogen-bond donors (Lipinski definition) is 1. The normalized spacial score (nSPS) is 10.8. The first-order chi connectivity index (χ1) is 9.46. The van der Waals surface area contributed by atoms with Crippen LogP contribution in [0.25, 0.3) is 0 Å². The van der Waals surface area contributed by atoms with Crippen LogP contribution in [0, 0.1) is 11.3 Å². The van der Waals surface area contributed by atoms with Crippen LogP contribution >= 0.6 is 22.9 Å². The van der Waals surface area contributed by atoms with E-state index in [1.807, 2.05) is 6.07 Å². The van der Waals surface area contributed by atoms with Crippen LogP contribution in [-0.2, 0) is 10.0 Å². The van der Waals surface area contributed by atoms with Crippen LogP contribution in [0.15, 0.2) is 34.5 Å². The molecule has 0 unspecified atom stereocenters. The van der Waals surface area contributed by atoms with Crippen molar-refractivity contribution in [3.8, 4) is 11.8 Å². The lowest BCUT2D eigenvalue weighted by Gasteiger charge is -2.08. The number of halogens is 1. The van der Waals surface area contributed by atoms with Gasteiger partial charge in [-0.15, -0.1) is 11.3 Å². The molecular formula is C12H9ClN2O3S2. The number of ether oxygens (including phenoxy) is 1. The molecule has 2 rings (SSSR count). The molecule has 0 saturated carbocycles. The molecule has 0 saturated heterocycles. The zero-order chi connectivity index (χ0) is 14.8. The maximum absolute atomic E-state index is 12.1. The predicted molar refractivity (Wildman–Crippen MR) is 77.8 cm³/mol. The minimum Gasteiger partial charge on any atom is -0.495 e. The second-order valence-corrected chi connectivity index (χ2v) is 7.09. The molecule has 1 aromatic heterocycles. The number of hydrogen-bond acceptors (Lipinski definition) is 5. The molecular weight excluding hydrogens is 320 g/mol. The fourth-order valence-corrected chi connectivity index (χ4v) is 3.87. The number of nitriles is 1. The van der Waals surface area contributed by atoms with E-state index < -0.39 is 10.0 Å². The van der Waals surface area contributed by atoms with Crippen molar-refractivity contribution in [2.24, 2.45) is 0 Å². The van der Waals surface area contributed by atoms with Crippen molar-refractivity contribution < 1.29 is 13.2 Å². The second-order valence-electron chi connectivity index (χ2n) is 3.69. The number of anilines is 1. The molecule has 0 radical (unpaired) electrons. The van der Waals surface area contributed by atoms with Crippen molar-refractivity contribution in [2.45, 2.75) is 4.21 Å². The van der Waals surface area contributed by atoms with Gasteiger partial charge in [-0.3, -0.25) is 4.72 Å². The summed E-state index contributed by atoms with van der Waals surface area (Å²) in [5, 5.41) is 9.02. The zero-order valence-electron chi connectivity index (χ0n) is 10.3. The molecule has 0 aliphatic carbocycles. The number of methoxy groups -OCH3 is 1. The van der Waals surface area contributed by atoms with Gasteiger partial charge in [-0.2, -0.15) is 5.26 Å². The van der Waals surface area contributed by atoms with E-state index in [9.17, 15) is 8.42 Å². The Morgan fingerprint density at radius 1 is 1.35 bits per heavy atom. The largest absolute Gasteiger partial charge is 0.495 e. The summed E-state index contributed by atoms with van der Waals surface area (Å²) >= 11 is 6.83. The molecule has 0 spiro atoms. The maximum Gasteiger partial charge on any atom is 0.271 e. The summed E-state index contributed by atoms with van der Waals surface area (Å²) in [6.45, 7) is 0. The lowest BCUT2D eigenvalue weighted by Crippen LogP contribution is -2.11. The van der Waals surface area contributed by atoms with Gasteiger partial charge in [0.2, 0.25) is 0 Å². The molecule has 1 N–H and O–H groups in total.